The molecule has 3 rings (SSSR count). The molecule has 174 valence electrons. The average molecular weight is 448 g/mol. The van der Waals surface area contributed by atoms with E-state index in [2.05, 4.69) is 25.2 Å². The summed E-state index contributed by atoms with van der Waals surface area (Å²) in [5, 5.41) is 14.1. The van der Waals surface area contributed by atoms with Crippen molar-refractivity contribution in [3.05, 3.63) is 101 Å². The van der Waals surface area contributed by atoms with Crippen LogP contribution in [0.3, 0.4) is 0 Å². The summed E-state index contributed by atoms with van der Waals surface area (Å²) in [4.78, 5) is 11.5. The number of carbonyl (C=O) groups excluding carboxylic acids is 1. The van der Waals surface area contributed by atoms with Gasteiger partial charge in [0.25, 0.3) is 0 Å². The number of aliphatic hydroxyl groups is 1. The Bertz CT molecular complexity index is 1020. The molecular formula is C28H33NO4. The first kappa shape index (κ1) is 24.5. The Morgan fingerprint density at radius 1 is 0.939 bits per heavy atom. The van der Waals surface area contributed by atoms with Gasteiger partial charge in [0, 0.05) is 12.1 Å². The second kappa shape index (κ2) is 11.6. The van der Waals surface area contributed by atoms with Crippen LogP contribution in [0.15, 0.2) is 78.9 Å². The van der Waals surface area contributed by atoms with Crippen LogP contribution in [0, 0.1) is 0 Å². The van der Waals surface area contributed by atoms with Crippen molar-refractivity contribution < 1.29 is 19.4 Å². The Morgan fingerprint density at radius 3 is 2.30 bits per heavy atom. The van der Waals surface area contributed by atoms with Gasteiger partial charge in [0.1, 0.15) is 12.4 Å². The van der Waals surface area contributed by atoms with Crippen LogP contribution < -0.4 is 10.1 Å². The molecule has 0 bridgehead atoms. The molecule has 3 aromatic carbocycles. The fraction of sp³-hybridized carbons (Fsp3) is 0.321. The van der Waals surface area contributed by atoms with Gasteiger partial charge in [-0.25, -0.2) is 0 Å². The van der Waals surface area contributed by atoms with Crippen molar-refractivity contribution in [2.24, 2.45) is 0 Å². The number of hydrogen-bond donors (Lipinski definition) is 2. The molecule has 0 aliphatic rings. The third kappa shape index (κ3) is 8.04. The van der Waals surface area contributed by atoms with E-state index in [0.29, 0.717) is 13.2 Å². The first-order chi connectivity index (χ1) is 15.8. The number of ether oxygens (including phenoxy) is 2. The van der Waals surface area contributed by atoms with Crippen molar-refractivity contribution in [3.63, 3.8) is 0 Å². The Labute approximate surface area is 196 Å². The number of hydrogen-bond acceptors (Lipinski definition) is 5. The molecule has 2 N–H and O–H groups in total. The number of esters is 1. The van der Waals surface area contributed by atoms with E-state index < -0.39 is 6.10 Å². The lowest BCUT2D eigenvalue weighted by atomic mass is 9.93. The minimum Gasteiger partial charge on any atom is -0.489 e. The van der Waals surface area contributed by atoms with E-state index in [-0.39, 0.29) is 17.9 Å². The first-order valence-corrected chi connectivity index (χ1v) is 11.2. The van der Waals surface area contributed by atoms with Gasteiger partial charge in [0.05, 0.1) is 19.6 Å². The molecule has 0 aromatic heterocycles. The summed E-state index contributed by atoms with van der Waals surface area (Å²) >= 11 is 0. The molecule has 5 heteroatoms. The number of nitrogens with one attached hydrogen (secondary N) is 1. The maximum Gasteiger partial charge on any atom is 0.309 e. The molecule has 0 aliphatic carbocycles. The molecule has 3 aromatic rings. The lowest BCUT2D eigenvalue weighted by molar-refractivity contribution is -0.139. The molecule has 5 nitrogen and oxygen atoms in total. The van der Waals surface area contributed by atoms with Gasteiger partial charge < -0.3 is 19.9 Å². The summed E-state index contributed by atoms with van der Waals surface area (Å²) in [6.07, 6.45) is 0.404. The normalized spacial score (nSPS) is 12.2. The molecule has 0 fully saturated rings. The van der Waals surface area contributed by atoms with Gasteiger partial charge in [-0.3, -0.25) is 4.79 Å². The fourth-order valence-electron chi connectivity index (χ4n) is 3.68. The van der Waals surface area contributed by atoms with Crippen molar-refractivity contribution >= 4 is 5.97 Å². The van der Waals surface area contributed by atoms with E-state index in [1.807, 2.05) is 72.8 Å². The highest BCUT2D eigenvalue weighted by molar-refractivity contribution is 5.72. The van der Waals surface area contributed by atoms with Crippen LogP contribution in [0.1, 0.15) is 42.2 Å². The highest BCUT2D eigenvalue weighted by Crippen LogP contribution is 2.20. The van der Waals surface area contributed by atoms with Crippen LogP contribution in [-0.4, -0.2) is 30.3 Å². The molecule has 0 radical (unpaired) electrons. The highest BCUT2D eigenvalue weighted by atomic mass is 16.5. The minimum absolute atomic E-state index is 0.233. The zero-order valence-electron chi connectivity index (χ0n) is 19.6. The van der Waals surface area contributed by atoms with E-state index in [4.69, 9.17) is 9.47 Å². The van der Waals surface area contributed by atoms with Gasteiger partial charge >= 0.3 is 5.97 Å². The van der Waals surface area contributed by atoms with E-state index >= 15 is 0 Å². The van der Waals surface area contributed by atoms with Crippen LogP contribution in [-0.2, 0) is 29.0 Å². The van der Waals surface area contributed by atoms with Crippen LogP contribution in [0.2, 0.25) is 0 Å². The Morgan fingerprint density at radius 2 is 1.61 bits per heavy atom. The van der Waals surface area contributed by atoms with Gasteiger partial charge in [0.15, 0.2) is 0 Å². The summed E-state index contributed by atoms with van der Waals surface area (Å²) < 4.78 is 10.6. The predicted molar refractivity (Wildman–Crippen MR) is 130 cm³/mol. The quantitative estimate of drug-likeness (QED) is 0.420. The standard InChI is InChI=1S/C28H33NO4/c1-28(2,18-23-11-7-10-22(16-23)17-27(31)32-3)29-19-26(30)24-12-14-25(15-13-24)33-20-21-8-5-4-6-9-21/h4-16,26,29-30H,17-20H2,1-3H3. The zero-order valence-corrected chi connectivity index (χ0v) is 19.6. The maximum atomic E-state index is 11.5. The van der Waals surface area contributed by atoms with Crippen molar-refractivity contribution in [1.82, 2.24) is 5.32 Å². The molecule has 33 heavy (non-hydrogen) atoms. The van der Waals surface area contributed by atoms with E-state index in [1.54, 1.807) is 0 Å². The summed E-state index contributed by atoms with van der Waals surface area (Å²) in [7, 11) is 1.40. The molecule has 0 amide bonds. The smallest absolute Gasteiger partial charge is 0.309 e. The summed E-state index contributed by atoms with van der Waals surface area (Å²) in [5.41, 5.74) is 3.78. The second-order valence-corrected chi connectivity index (χ2v) is 8.87. The third-order valence-corrected chi connectivity index (χ3v) is 5.50. The van der Waals surface area contributed by atoms with Crippen LogP contribution in [0.5, 0.6) is 5.75 Å². The molecule has 0 saturated carbocycles. The first-order valence-electron chi connectivity index (χ1n) is 11.2. The summed E-state index contributed by atoms with van der Waals surface area (Å²) in [5.74, 6) is 0.527. The van der Waals surface area contributed by atoms with Crippen molar-refractivity contribution in [3.8, 4) is 5.75 Å². The molecule has 0 saturated heterocycles. The number of carbonyl (C=O) groups is 1. The summed E-state index contributed by atoms with van der Waals surface area (Å²) in [6, 6.07) is 25.6. The lowest BCUT2D eigenvalue weighted by Gasteiger charge is -2.28. The fourth-order valence-corrected chi connectivity index (χ4v) is 3.68. The van der Waals surface area contributed by atoms with Gasteiger partial charge in [-0.2, -0.15) is 0 Å². The van der Waals surface area contributed by atoms with Gasteiger partial charge in [-0.1, -0.05) is 66.7 Å². The Kier molecular flexibility index (Phi) is 8.64. The monoisotopic (exact) mass is 447 g/mol. The lowest BCUT2D eigenvalue weighted by Crippen LogP contribution is -2.43. The maximum absolute atomic E-state index is 11.5. The SMILES string of the molecule is COC(=O)Cc1cccc(CC(C)(C)NCC(O)c2ccc(OCc3ccccc3)cc2)c1. The number of β-amino-alcohol motifs (C(OH)–C–C–N with tert-alkyl or cyclic N) is 1. The topological polar surface area (TPSA) is 67.8 Å². The van der Waals surface area contributed by atoms with E-state index in [0.717, 1.165) is 34.4 Å². The largest absolute Gasteiger partial charge is 0.489 e. The number of rotatable bonds is 11. The second-order valence-electron chi connectivity index (χ2n) is 8.87. The minimum atomic E-state index is -0.627. The average Bonchev–Trinajstić information content (AvgIpc) is 2.82. The van der Waals surface area contributed by atoms with Crippen molar-refractivity contribution in [1.29, 1.82) is 0 Å². The van der Waals surface area contributed by atoms with Crippen LogP contribution >= 0.6 is 0 Å². The molecule has 0 heterocycles. The van der Waals surface area contributed by atoms with Crippen molar-refractivity contribution in [2.75, 3.05) is 13.7 Å². The summed E-state index contributed by atoms with van der Waals surface area (Å²) in [6.45, 7) is 5.15. The van der Waals surface area contributed by atoms with Gasteiger partial charge in [-0.05, 0) is 54.7 Å². The van der Waals surface area contributed by atoms with E-state index in [9.17, 15) is 9.90 Å². The number of methoxy groups -OCH3 is 1. The van der Waals surface area contributed by atoms with Gasteiger partial charge in [0.2, 0.25) is 0 Å². The zero-order chi connectivity index (χ0) is 23.7. The molecular weight excluding hydrogens is 414 g/mol. The number of aliphatic hydroxyl groups excluding tert-OH is 1. The van der Waals surface area contributed by atoms with Crippen LogP contribution in [0.4, 0.5) is 0 Å². The highest BCUT2D eigenvalue weighted by Gasteiger charge is 2.20. The van der Waals surface area contributed by atoms with Crippen LogP contribution in [0.25, 0.3) is 0 Å². The molecule has 0 spiro atoms. The molecule has 1 unspecified atom stereocenters. The predicted octanol–water partition coefficient (Wildman–Crippen LogP) is 4.63. The van der Waals surface area contributed by atoms with Crippen molar-refractivity contribution in [2.45, 2.75) is 44.9 Å². The van der Waals surface area contributed by atoms with Gasteiger partial charge in [-0.15, -0.1) is 0 Å². The molecule has 0 aliphatic heterocycles. The Hall–Kier alpha value is -3.15. The number of benzene rings is 3. The Balaban J connectivity index is 1.50. The van der Waals surface area contributed by atoms with E-state index in [1.165, 1.54) is 7.11 Å². The third-order valence-electron chi connectivity index (χ3n) is 5.50. The molecule has 1 atom stereocenters.